The SMILES string of the molecule is O=C(NC1(C(=O)O)CCSCC1)C1CC12CCc1ccccc12. The van der Waals surface area contributed by atoms with E-state index in [1.54, 1.807) is 11.8 Å². The number of fused-ring (bicyclic) bond motifs is 2. The topological polar surface area (TPSA) is 66.4 Å². The number of carbonyl (C=O) groups excluding carboxylic acids is 1. The average Bonchev–Trinajstić information content (AvgIpc) is 3.18. The molecule has 3 aliphatic rings. The number of benzene rings is 1. The number of rotatable bonds is 3. The van der Waals surface area contributed by atoms with Crippen LogP contribution in [0, 0.1) is 5.92 Å². The largest absolute Gasteiger partial charge is 0.480 e. The molecule has 0 radical (unpaired) electrons. The molecule has 2 fully saturated rings. The highest BCUT2D eigenvalue weighted by Gasteiger charge is 2.62. The highest BCUT2D eigenvalue weighted by atomic mass is 32.2. The van der Waals surface area contributed by atoms with E-state index in [4.69, 9.17) is 0 Å². The lowest BCUT2D eigenvalue weighted by Gasteiger charge is -2.34. The monoisotopic (exact) mass is 331 g/mol. The van der Waals surface area contributed by atoms with Crippen LogP contribution in [0.15, 0.2) is 24.3 Å². The number of nitrogens with one attached hydrogen (secondary N) is 1. The van der Waals surface area contributed by atoms with Crippen LogP contribution in [0.2, 0.25) is 0 Å². The summed E-state index contributed by atoms with van der Waals surface area (Å²) in [5.41, 5.74) is 1.59. The van der Waals surface area contributed by atoms with Crippen molar-refractivity contribution >= 4 is 23.6 Å². The number of amides is 1. The first-order valence-electron chi connectivity index (χ1n) is 8.29. The van der Waals surface area contributed by atoms with E-state index in [0.717, 1.165) is 30.8 Å². The van der Waals surface area contributed by atoms with Gasteiger partial charge < -0.3 is 10.4 Å². The Bertz CT molecular complexity index is 668. The number of thioether (sulfide) groups is 1. The molecule has 1 amide bonds. The molecule has 1 heterocycles. The first-order chi connectivity index (χ1) is 11.1. The van der Waals surface area contributed by atoms with E-state index in [-0.39, 0.29) is 17.2 Å². The fourth-order valence-corrected chi connectivity index (χ4v) is 5.56. The molecule has 1 saturated carbocycles. The van der Waals surface area contributed by atoms with Crippen LogP contribution in [0.4, 0.5) is 0 Å². The normalized spacial score (nSPS) is 30.7. The van der Waals surface area contributed by atoms with Crippen LogP contribution in [0.3, 0.4) is 0 Å². The first-order valence-corrected chi connectivity index (χ1v) is 9.44. The molecule has 2 atom stereocenters. The third-order valence-corrected chi connectivity index (χ3v) is 6.89. The van der Waals surface area contributed by atoms with Crippen LogP contribution >= 0.6 is 11.8 Å². The van der Waals surface area contributed by atoms with Crippen molar-refractivity contribution in [2.75, 3.05) is 11.5 Å². The van der Waals surface area contributed by atoms with E-state index in [0.29, 0.717) is 12.8 Å². The Hall–Kier alpha value is -1.49. The molecule has 2 aliphatic carbocycles. The maximum absolute atomic E-state index is 12.8. The second-order valence-corrected chi connectivity index (χ2v) is 8.28. The molecule has 1 aromatic rings. The minimum absolute atomic E-state index is 0.0240. The van der Waals surface area contributed by atoms with E-state index in [2.05, 4.69) is 23.5 Å². The lowest BCUT2D eigenvalue weighted by atomic mass is 9.90. The lowest BCUT2D eigenvalue weighted by molar-refractivity contribution is -0.148. The van der Waals surface area contributed by atoms with Crippen LogP contribution in [0.25, 0.3) is 0 Å². The molecule has 1 spiro atoms. The van der Waals surface area contributed by atoms with Gasteiger partial charge in [-0.15, -0.1) is 0 Å². The Kier molecular flexibility index (Phi) is 3.45. The molecule has 23 heavy (non-hydrogen) atoms. The fourth-order valence-electron chi connectivity index (χ4n) is 4.37. The van der Waals surface area contributed by atoms with Crippen molar-refractivity contribution < 1.29 is 14.7 Å². The van der Waals surface area contributed by atoms with Crippen LogP contribution < -0.4 is 5.32 Å². The quantitative estimate of drug-likeness (QED) is 0.892. The van der Waals surface area contributed by atoms with Crippen molar-refractivity contribution in [3.8, 4) is 0 Å². The Balaban J connectivity index is 1.52. The number of hydrogen-bond donors (Lipinski definition) is 2. The smallest absolute Gasteiger partial charge is 0.329 e. The minimum atomic E-state index is -1.05. The summed E-state index contributed by atoms with van der Waals surface area (Å²) in [6.07, 6.45) is 3.95. The Morgan fingerprint density at radius 1 is 1.17 bits per heavy atom. The summed E-state index contributed by atoms with van der Waals surface area (Å²) in [6.45, 7) is 0. The van der Waals surface area contributed by atoms with Crippen molar-refractivity contribution in [1.82, 2.24) is 5.32 Å². The van der Waals surface area contributed by atoms with E-state index in [1.807, 2.05) is 6.07 Å². The minimum Gasteiger partial charge on any atom is -0.480 e. The number of aryl methyl sites for hydroxylation is 1. The van der Waals surface area contributed by atoms with Crippen molar-refractivity contribution in [1.29, 1.82) is 0 Å². The molecule has 0 bridgehead atoms. The summed E-state index contributed by atoms with van der Waals surface area (Å²) < 4.78 is 0. The summed E-state index contributed by atoms with van der Waals surface area (Å²) in [7, 11) is 0. The summed E-state index contributed by atoms with van der Waals surface area (Å²) in [6, 6.07) is 8.37. The molecule has 5 heteroatoms. The summed E-state index contributed by atoms with van der Waals surface area (Å²) in [4.78, 5) is 24.5. The van der Waals surface area contributed by atoms with E-state index >= 15 is 0 Å². The third-order valence-electron chi connectivity index (χ3n) is 5.90. The van der Waals surface area contributed by atoms with Crippen molar-refractivity contribution in [2.45, 2.75) is 43.1 Å². The number of aliphatic carboxylic acids is 1. The third kappa shape index (κ3) is 2.28. The molecule has 2 N–H and O–H groups in total. The van der Waals surface area contributed by atoms with Gasteiger partial charge in [0, 0.05) is 11.3 Å². The van der Waals surface area contributed by atoms with Gasteiger partial charge in [-0.1, -0.05) is 24.3 Å². The molecule has 122 valence electrons. The van der Waals surface area contributed by atoms with Crippen molar-refractivity contribution in [3.63, 3.8) is 0 Å². The molecule has 1 aromatic carbocycles. The summed E-state index contributed by atoms with van der Waals surface area (Å²) >= 11 is 1.76. The molecule has 1 saturated heterocycles. The van der Waals surface area contributed by atoms with E-state index in [9.17, 15) is 14.7 Å². The zero-order valence-electron chi connectivity index (χ0n) is 13.0. The number of carbonyl (C=O) groups is 2. The highest BCUT2D eigenvalue weighted by molar-refractivity contribution is 7.99. The van der Waals surface area contributed by atoms with Gasteiger partial charge in [-0.05, 0) is 54.7 Å². The predicted molar refractivity (Wildman–Crippen MR) is 89.6 cm³/mol. The van der Waals surface area contributed by atoms with Gasteiger partial charge >= 0.3 is 5.97 Å². The van der Waals surface area contributed by atoms with Gasteiger partial charge in [0.25, 0.3) is 0 Å². The molecular weight excluding hydrogens is 310 g/mol. The summed E-state index contributed by atoms with van der Waals surface area (Å²) in [5, 5.41) is 12.6. The second kappa shape index (κ2) is 5.26. The Labute approximate surface area is 140 Å². The molecule has 4 rings (SSSR count). The summed E-state index contributed by atoms with van der Waals surface area (Å²) in [5.74, 6) is 0.594. The van der Waals surface area contributed by atoms with Gasteiger partial charge in [0.05, 0.1) is 0 Å². The standard InChI is InChI=1S/C18H21NO3S/c20-15(19-18(16(21)22)7-9-23-10-8-18)14-11-17(14)6-5-12-3-1-2-4-13(12)17/h1-4,14H,5-11H2,(H,19,20)(H,21,22). The van der Waals surface area contributed by atoms with Crippen molar-refractivity contribution in [2.24, 2.45) is 5.92 Å². The number of hydrogen-bond acceptors (Lipinski definition) is 3. The Morgan fingerprint density at radius 3 is 2.65 bits per heavy atom. The molecule has 4 nitrogen and oxygen atoms in total. The van der Waals surface area contributed by atoms with Crippen LogP contribution in [0.5, 0.6) is 0 Å². The zero-order chi connectivity index (χ0) is 16.1. The highest BCUT2D eigenvalue weighted by Crippen LogP contribution is 2.61. The van der Waals surface area contributed by atoms with Gasteiger partial charge in [0.1, 0.15) is 5.54 Å². The van der Waals surface area contributed by atoms with Crippen LogP contribution in [0.1, 0.15) is 36.8 Å². The van der Waals surface area contributed by atoms with E-state index < -0.39 is 11.5 Å². The van der Waals surface area contributed by atoms with E-state index in [1.165, 1.54) is 11.1 Å². The van der Waals surface area contributed by atoms with Crippen LogP contribution in [-0.2, 0) is 21.4 Å². The van der Waals surface area contributed by atoms with Gasteiger partial charge in [-0.25, -0.2) is 4.79 Å². The predicted octanol–water partition coefficient (Wildman–Crippen LogP) is 2.36. The number of carboxylic acid groups (broad SMARTS) is 1. The van der Waals surface area contributed by atoms with Gasteiger partial charge in [0.2, 0.25) is 5.91 Å². The first kappa shape index (κ1) is 15.1. The fraction of sp³-hybridized carbons (Fsp3) is 0.556. The molecule has 0 aromatic heterocycles. The average molecular weight is 331 g/mol. The van der Waals surface area contributed by atoms with Gasteiger partial charge in [-0.2, -0.15) is 11.8 Å². The molecular formula is C18H21NO3S. The zero-order valence-corrected chi connectivity index (χ0v) is 13.8. The Morgan fingerprint density at radius 2 is 1.91 bits per heavy atom. The van der Waals surface area contributed by atoms with Gasteiger partial charge in [0.15, 0.2) is 0 Å². The lowest BCUT2D eigenvalue weighted by Crippen LogP contribution is -2.57. The van der Waals surface area contributed by atoms with Crippen molar-refractivity contribution in [3.05, 3.63) is 35.4 Å². The number of carboxylic acids is 1. The van der Waals surface area contributed by atoms with Gasteiger partial charge in [-0.3, -0.25) is 4.79 Å². The molecule has 2 unspecified atom stereocenters. The maximum Gasteiger partial charge on any atom is 0.329 e. The maximum atomic E-state index is 12.8. The molecule has 1 aliphatic heterocycles. The second-order valence-electron chi connectivity index (χ2n) is 7.06. The van der Waals surface area contributed by atoms with Crippen LogP contribution in [-0.4, -0.2) is 34.0 Å².